The van der Waals surface area contributed by atoms with Crippen LogP contribution in [0.25, 0.3) is 10.9 Å². The number of nitrogens with zero attached hydrogens (tertiary/aromatic N) is 3. The molecule has 2 heterocycles. The first-order valence-electron chi connectivity index (χ1n) is 6.09. The van der Waals surface area contributed by atoms with E-state index in [-0.39, 0.29) is 0 Å². The molecular formula is C12H14BrN3O4. The van der Waals surface area contributed by atoms with E-state index in [1.54, 1.807) is 6.07 Å². The normalized spacial score (nSPS) is 11.4. The maximum Gasteiger partial charge on any atom is 0.432 e. The molecule has 0 aliphatic heterocycles. The molecule has 0 saturated carbocycles. The third kappa shape index (κ3) is 2.82. The van der Waals surface area contributed by atoms with Gasteiger partial charge in [0.05, 0.1) is 11.7 Å². The Bertz CT molecular complexity index is 622. The second kappa shape index (κ2) is 6.29. The number of aromatic nitrogens is 3. The largest absolute Gasteiger partial charge is 0.463 e. The molecule has 0 saturated heterocycles. The van der Waals surface area contributed by atoms with E-state index < -0.39 is 12.4 Å². The van der Waals surface area contributed by atoms with Crippen LogP contribution in [0, 0.1) is 0 Å². The predicted octanol–water partition coefficient (Wildman–Crippen LogP) is 2.79. The SMILES string of the molecule is CCOC(OCC)c1nn(C(=O)O)c2cnc(Br)cc12. The van der Waals surface area contributed by atoms with Gasteiger partial charge in [-0.25, -0.2) is 9.78 Å². The predicted molar refractivity (Wildman–Crippen MR) is 74.6 cm³/mol. The third-order valence-electron chi connectivity index (χ3n) is 2.60. The van der Waals surface area contributed by atoms with Crippen LogP contribution in [0.5, 0.6) is 0 Å². The van der Waals surface area contributed by atoms with Crippen LogP contribution in [0.15, 0.2) is 16.9 Å². The van der Waals surface area contributed by atoms with Gasteiger partial charge in [0.15, 0.2) is 0 Å². The molecule has 0 radical (unpaired) electrons. The summed E-state index contributed by atoms with van der Waals surface area (Å²) in [6.45, 7) is 4.52. The minimum absolute atomic E-state index is 0.389. The molecule has 108 valence electrons. The molecule has 7 nitrogen and oxygen atoms in total. The van der Waals surface area contributed by atoms with E-state index in [1.807, 2.05) is 13.8 Å². The molecule has 0 atom stereocenters. The molecule has 8 heteroatoms. The van der Waals surface area contributed by atoms with Gasteiger partial charge in [-0.2, -0.15) is 9.78 Å². The summed E-state index contributed by atoms with van der Waals surface area (Å²) in [6.07, 6.45) is -0.446. The number of rotatable bonds is 5. The summed E-state index contributed by atoms with van der Waals surface area (Å²) in [5.41, 5.74) is 0.814. The molecule has 20 heavy (non-hydrogen) atoms. The first-order valence-corrected chi connectivity index (χ1v) is 6.88. The van der Waals surface area contributed by atoms with E-state index in [1.165, 1.54) is 6.20 Å². The highest BCUT2D eigenvalue weighted by molar-refractivity contribution is 9.10. The van der Waals surface area contributed by atoms with Crippen molar-refractivity contribution < 1.29 is 19.4 Å². The van der Waals surface area contributed by atoms with Crippen molar-refractivity contribution >= 4 is 32.9 Å². The molecule has 2 rings (SSSR count). The molecule has 0 aliphatic rings. The van der Waals surface area contributed by atoms with Crippen LogP contribution in [0.4, 0.5) is 4.79 Å². The average Bonchev–Trinajstić information content (AvgIpc) is 2.77. The summed E-state index contributed by atoms with van der Waals surface area (Å²) in [5.74, 6) is 0. The average molecular weight is 344 g/mol. The Morgan fingerprint density at radius 3 is 2.65 bits per heavy atom. The highest BCUT2D eigenvalue weighted by Gasteiger charge is 2.23. The van der Waals surface area contributed by atoms with Crippen LogP contribution in [0.1, 0.15) is 25.8 Å². The highest BCUT2D eigenvalue weighted by atomic mass is 79.9. The Kier molecular flexibility index (Phi) is 4.69. The number of hydrogen-bond donors (Lipinski definition) is 1. The van der Waals surface area contributed by atoms with Crippen molar-refractivity contribution in [1.29, 1.82) is 0 Å². The first kappa shape index (κ1) is 14.9. The number of ether oxygens (including phenoxy) is 2. The zero-order chi connectivity index (χ0) is 14.7. The molecule has 0 aromatic carbocycles. The molecule has 2 aromatic rings. The van der Waals surface area contributed by atoms with Crippen molar-refractivity contribution in [2.45, 2.75) is 20.1 Å². The summed E-state index contributed by atoms with van der Waals surface area (Å²) >= 11 is 3.26. The third-order valence-corrected chi connectivity index (χ3v) is 3.04. The second-order valence-electron chi connectivity index (χ2n) is 3.85. The van der Waals surface area contributed by atoms with Crippen LogP contribution < -0.4 is 0 Å². The van der Waals surface area contributed by atoms with Crippen LogP contribution in [0.2, 0.25) is 0 Å². The Hall–Kier alpha value is -1.51. The van der Waals surface area contributed by atoms with Gasteiger partial charge in [0, 0.05) is 18.6 Å². The molecule has 0 amide bonds. The van der Waals surface area contributed by atoms with Crippen molar-refractivity contribution in [3.05, 3.63) is 22.6 Å². The Balaban J connectivity index is 2.61. The molecule has 0 unspecified atom stereocenters. The molecule has 0 spiro atoms. The van der Waals surface area contributed by atoms with Gasteiger partial charge in [-0.15, -0.1) is 0 Å². The van der Waals surface area contributed by atoms with Crippen molar-refractivity contribution in [3.8, 4) is 0 Å². The van der Waals surface area contributed by atoms with E-state index >= 15 is 0 Å². The van der Waals surface area contributed by atoms with Crippen molar-refractivity contribution in [1.82, 2.24) is 14.8 Å². The van der Waals surface area contributed by atoms with E-state index in [0.717, 1.165) is 4.68 Å². The lowest BCUT2D eigenvalue weighted by Crippen LogP contribution is -2.13. The maximum absolute atomic E-state index is 11.2. The highest BCUT2D eigenvalue weighted by Crippen LogP contribution is 2.28. The van der Waals surface area contributed by atoms with Crippen LogP contribution in [-0.2, 0) is 9.47 Å². The Labute approximate surface area is 123 Å². The molecule has 0 bridgehead atoms. The van der Waals surface area contributed by atoms with Crippen LogP contribution >= 0.6 is 15.9 Å². The minimum atomic E-state index is -1.18. The molecular weight excluding hydrogens is 330 g/mol. The Morgan fingerprint density at radius 2 is 2.10 bits per heavy atom. The number of carbonyl (C=O) groups is 1. The topological polar surface area (TPSA) is 86.5 Å². The molecule has 1 N–H and O–H groups in total. The van der Waals surface area contributed by atoms with Crippen molar-refractivity contribution in [3.63, 3.8) is 0 Å². The van der Waals surface area contributed by atoms with Gasteiger partial charge in [-0.05, 0) is 35.8 Å². The molecule has 2 aromatic heterocycles. The quantitative estimate of drug-likeness (QED) is 0.663. The Morgan fingerprint density at radius 1 is 1.45 bits per heavy atom. The lowest BCUT2D eigenvalue weighted by atomic mass is 10.2. The van der Waals surface area contributed by atoms with E-state index in [0.29, 0.717) is 34.4 Å². The van der Waals surface area contributed by atoms with E-state index in [9.17, 15) is 9.90 Å². The fourth-order valence-corrected chi connectivity index (χ4v) is 2.17. The summed E-state index contributed by atoms with van der Waals surface area (Å²) in [4.78, 5) is 15.3. The summed E-state index contributed by atoms with van der Waals surface area (Å²) in [5, 5.41) is 13.9. The van der Waals surface area contributed by atoms with Gasteiger partial charge in [-0.3, -0.25) is 0 Å². The summed E-state index contributed by atoms with van der Waals surface area (Å²) < 4.78 is 12.4. The van der Waals surface area contributed by atoms with Crippen molar-refractivity contribution in [2.75, 3.05) is 13.2 Å². The lowest BCUT2D eigenvalue weighted by Gasteiger charge is -2.14. The monoisotopic (exact) mass is 343 g/mol. The first-order chi connectivity index (χ1) is 9.58. The second-order valence-corrected chi connectivity index (χ2v) is 4.66. The van der Waals surface area contributed by atoms with Gasteiger partial charge in [-0.1, -0.05) is 0 Å². The lowest BCUT2D eigenvalue weighted by molar-refractivity contribution is -0.142. The maximum atomic E-state index is 11.2. The van der Waals surface area contributed by atoms with E-state index in [2.05, 4.69) is 26.0 Å². The number of hydrogen-bond acceptors (Lipinski definition) is 5. The summed E-state index contributed by atoms with van der Waals surface area (Å²) in [6, 6.07) is 1.70. The fourth-order valence-electron chi connectivity index (χ4n) is 1.84. The van der Waals surface area contributed by atoms with E-state index in [4.69, 9.17) is 9.47 Å². The number of carboxylic acid groups (broad SMARTS) is 1. The van der Waals surface area contributed by atoms with Gasteiger partial charge >= 0.3 is 6.09 Å². The molecule has 0 fully saturated rings. The van der Waals surface area contributed by atoms with Gasteiger partial charge in [0.2, 0.25) is 6.29 Å². The zero-order valence-electron chi connectivity index (χ0n) is 11.0. The fraction of sp³-hybridized carbons (Fsp3) is 0.417. The van der Waals surface area contributed by atoms with Gasteiger partial charge in [0.1, 0.15) is 10.3 Å². The smallest absolute Gasteiger partial charge is 0.432 e. The number of halogens is 1. The number of fused-ring (bicyclic) bond motifs is 1. The zero-order valence-corrected chi connectivity index (χ0v) is 12.6. The van der Waals surface area contributed by atoms with Gasteiger partial charge in [0.25, 0.3) is 0 Å². The molecule has 0 aliphatic carbocycles. The van der Waals surface area contributed by atoms with Crippen LogP contribution in [-0.4, -0.2) is 39.2 Å². The van der Waals surface area contributed by atoms with Crippen molar-refractivity contribution in [2.24, 2.45) is 0 Å². The number of pyridine rings is 1. The summed E-state index contributed by atoms with van der Waals surface area (Å²) in [7, 11) is 0. The minimum Gasteiger partial charge on any atom is -0.463 e. The van der Waals surface area contributed by atoms with Crippen LogP contribution in [0.3, 0.4) is 0 Å². The standard InChI is InChI=1S/C12H14BrN3O4/c1-3-19-11(20-4-2)10-7-5-9(13)14-6-8(7)16(15-10)12(17)18/h5-6,11H,3-4H2,1-2H3,(H,17,18). The van der Waals surface area contributed by atoms with Gasteiger partial charge < -0.3 is 14.6 Å².